The number of nitrogens with zero attached hydrogens (tertiary/aromatic N) is 2. The van der Waals surface area contributed by atoms with Gasteiger partial charge in [0.1, 0.15) is 5.69 Å². The third-order valence-electron chi connectivity index (χ3n) is 3.45. The summed E-state index contributed by atoms with van der Waals surface area (Å²) in [6, 6.07) is 10.1. The van der Waals surface area contributed by atoms with Crippen molar-refractivity contribution in [1.29, 1.82) is 0 Å². The van der Waals surface area contributed by atoms with Crippen LogP contribution in [0.1, 0.15) is 27.9 Å². The molecule has 0 bridgehead atoms. The average Bonchev–Trinajstić information content (AvgIpc) is 3.33. The van der Waals surface area contributed by atoms with Gasteiger partial charge in [-0.25, -0.2) is 0 Å². The summed E-state index contributed by atoms with van der Waals surface area (Å²) in [5.41, 5.74) is 1.07. The number of rotatable bonds is 6. The number of hydrogen-bond acceptors (Lipinski definition) is 7. The van der Waals surface area contributed by atoms with Gasteiger partial charge >= 0.3 is 5.97 Å². The van der Waals surface area contributed by atoms with Crippen molar-refractivity contribution >= 4 is 23.2 Å². The highest BCUT2D eigenvalue weighted by atomic mass is 32.1. The van der Waals surface area contributed by atoms with Crippen LogP contribution in [-0.2, 0) is 9.53 Å². The fourth-order valence-electron chi connectivity index (χ4n) is 2.21. The summed E-state index contributed by atoms with van der Waals surface area (Å²) in [4.78, 5) is 29.1. The zero-order valence-corrected chi connectivity index (χ0v) is 14.2. The van der Waals surface area contributed by atoms with Crippen LogP contribution >= 0.6 is 11.3 Å². The van der Waals surface area contributed by atoms with Crippen LogP contribution in [0.4, 0.5) is 0 Å². The fraction of sp³-hybridized carbons (Fsp3) is 0.176. The van der Waals surface area contributed by atoms with Gasteiger partial charge in [-0.05, 0) is 23.6 Å². The number of amides is 1. The predicted octanol–water partition coefficient (Wildman–Crippen LogP) is 2.83. The second-order valence-electron chi connectivity index (χ2n) is 5.11. The molecule has 0 aromatic carbocycles. The molecule has 0 fully saturated rings. The zero-order valence-electron chi connectivity index (χ0n) is 13.3. The lowest BCUT2D eigenvalue weighted by atomic mass is 10.1. The Labute approximate surface area is 147 Å². The lowest BCUT2D eigenvalue weighted by Crippen LogP contribution is -2.29. The lowest BCUT2D eigenvalue weighted by Gasteiger charge is -2.15. The minimum atomic E-state index is -0.497. The average molecular weight is 357 g/mol. The third kappa shape index (κ3) is 4.10. The maximum atomic E-state index is 12.5. The summed E-state index contributed by atoms with van der Waals surface area (Å²) >= 11 is 1.44. The van der Waals surface area contributed by atoms with Gasteiger partial charge in [-0.2, -0.15) is 0 Å². The van der Waals surface area contributed by atoms with E-state index in [9.17, 15) is 9.59 Å². The van der Waals surface area contributed by atoms with E-state index in [1.807, 2.05) is 23.6 Å². The van der Waals surface area contributed by atoms with Gasteiger partial charge in [0.25, 0.3) is 5.91 Å². The maximum Gasteiger partial charge on any atom is 0.307 e. The number of aromatic nitrogens is 2. The molecule has 25 heavy (non-hydrogen) atoms. The van der Waals surface area contributed by atoms with Crippen LogP contribution in [0, 0.1) is 0 Å². The molecule has 8 heteroatoms. The van der Waals surface area contributed by atoms with Crippen molar-refractivity contribution in [3.05, 3.63) is 58.6 Å². The fourth-order valence-corrected chi connectivity index (χ4v) is 2.99. The van der Waals surface area contributed by atoms with Gasteiger partial charge in [-0.15, -0.1) is 11.3 Å². The molecule has 0 saturated carbocycles. The van der Waals surface area contributed by atoms with Crippen molar-refractivity contribution in [2.24, 2.45) is 0 Å². The largest absolute Gasteiger partial charge is 0.469 e. The number of esters is 1. The number of hydrogen-bond donors (Lipinski definition) is 1. The number of carbonyl (C=O) groups excluding carboxylic acids is 2. The van der Waals surface area contributed by atoms with E-state index < -0.39 is 17.9 Å². The minimum absolute atomic E-state index is 0.0317. The lowest BCUT2D eigenvalue weighted by molar-refractivity contribution is -0.141. The van der Waals surface area contributed by atoms with Gasteiger partial charge in [-0.1, -0.05) is 17.3 Å². The van der Waals surface area contributed by atoms with E-state index in [0.29, 0.717) is 11.4 Å². The molecule has 3 heterocycles. The molecule has 3 rings (SSSR count). The van der Waals surface area contributed by atoms with Crippen molar-refractivity contribution in [2.75, 3.05) is 7.11 Å². The Morgan fingerprint density at radius 1 is 1.28 bits per heavy atom. The Hall–Kier alpha value is -3.00. The Balaban J connectivity index is 1.75. The van der Waals surface area contributed by atoms with Crippen molar-refractivity contribution in [1.82, 2.24) is 15.5 Å². The van der Waals surface area contributed by atoms with Crippen molar-refractivity contribution in [3.8, 4) is 11.4 Å². The number of nitrogens with one attached hydrogen (secondary N) is 1. The molecular weight excluding hydrogens is 342 g/mol. The molecule has 7 nitrogen and oxygen atoms in total. The topological polar surface area (TPSA) is 94.3 Å². The van der Waals surface area contributed by atoms with E-state index in [2.05, 4.69) is 15.5 Å². The minimum Gasteiger partial charge on any atom is -0.469 e. The third-order valence-corrected chi connectivity index (χ3v) is 4.44. The molecule has 128 valence electrons. The van der Waals surface area contributed by atoms with Gasteiger partial charge in [-0.3, -0.25) is 14.6 Å². The summed E-state index contributed by atoms with van der Waals surface area (Å²) in [6.07, 6.45) is 1.66. The van der Waals surface area contributed by atoms with E-state index in [4.69, 9.17) is 9.26 Å². The van der Waals surface area contributed by atoms with Gasteiger partial charge in [0.15, 0.2) is 0 Å². The molecule has 0 aliphatic rings. The summed E-state index contributed by atoms with van der Waals surface area (Å²) in [5.74, 6) is -0.825. The molecule has 3 aromatic heterocycles. The summed E-state index contributed by atoms with van der Waals surface area (Å²) in [6.45, 7) is 0. The van der Waals surface area contributed by atoms with Crippen LogP contribution in [0.5, 0.6) is 0 Å². The van der Waals surface area contributed by atoms with Crippen molar-refractivity contribution in [2.45, 2.75) is 12.5 Å². The second-order valence-corrected chi connectivity index (χ2v) is 6.09. The normalized spacial score (nSPS) is 11.7. The highest BCUT2D eigenvalue weighted by Gasteiger charge is 2.23. The van der Waals surface area contributed by atoms with Crippen LogP contribution in [-0.4, -0.2) is 29.1 Å². The molecule has 0 radical (unpaired) electrons. The van der Waals surface area contributed by atoms with E-state index in [1.54, 1.807) is 18.3 Å². The number of methoxy groups -OCH3 is 1. The molecule has 0 aliphatic heterocycles. The van der Waals surface area contributed by atoms with Crippen LogP contribution in [0.2, 0.25) is 0 Å². The first-order chi connectivity index (χ1) is 12.2. The molecule has 3 aromatic rings. The molecule has 0 aliphatic carbocycles. The van der Waals surface area contributed by atoms with E-state index in [0.717, 1.165) is 4.88 Å². The van der Waals surface area contributed by atoms with Gasteiger partial charge in [0.2, 0.25) is 5.76 Å². The Bertz CT molecular complexity index is 846. The maximum absolute atomic E-state index is 12.5. The molecule has 0 spiro atoms. The Morgan fingerprint density at radius 2 is 2.16 bits per heavy atom. The van der Waals surface area contributed by atoms with E-state index in [1.165, 1.54) is 24.5 Å². The molecule has 1 amide bonds. The number of ether oxygens (including phenoxy) is 1. The summed E-state index contributed by atoms with van der Waals surface area (Å²) in [5, 5.41) is 8.52. The predicted molar refractivity (Wildman–Crippen MR) is 90.9 cm³/mol. The van der Waals surface area contributed by atoms with Crippen molar-refractivity contribution < 1.29 is 18.8 Å². The van der Waals surface area contributed by atoms with E-state index >= 15 is 0 Å². The van der Waals surface area contributed by atoms with Crippen LogP contribution in [0.3, 0.4) is 0 Å². The molecule has 1 unspecified atom stereocenters. The Morgan fingerprint density at radius 3 is 2.84 bits per heavy atom. The number of thiophene rings is 1. The first kappa shape index (κ1) is 16.8. The summed E-state index contributed by atoms with van der Waals surface area (Å²) in [7, 11) is 1.31. The smallest absolute Gasteiger partial charge is 0.307 e. The van der Waals surface area contributed by atoms with Gasteiger partial charge < -0.3 is 14.6 Å². The van der Waals surface area contributed by atoms with Crippen LogP contribution < -0.4 is 5.32 Å². The number of pyridine rings is 1. The first-order valence-electron chi connectivity index (χ1n) is 7.46. The molecular formula is C17H15N3O4S. The quantitative estimate of drug-likeness (QED) is 0.682. The van der Waals surface area contributed by atoms with E-state index in [-0.39, 0.29) is 12.2 Å². The second kappa shape index (κ2) is 7.71. The van der Waals surface area contributed by atoms with Crippen LogP contribution in [0.25, 0.3) is 11.4 Å². The highest BCUT2D eigenvalue weighted by molar-refractivity contribution is 7.10. The molecule has 0 saturated heterocycles. The highest BCUT2D eigenvalue weighted by Crippen LogP contribution is 2.23. The molecule has 1 N–H and O–H groups in total. The van der Waals surface area contributed by atoms with Crippen LogP contribution in [0.15, 0.2) is 52.5 Å². The first-order valence-corrected chi connectivity index (χ1v) is 8.34. The van der Waals surface area contributed by atoms with Gasteiger partial charge in [0, 0.05) is 17.1 Å². The number of carbonyl (C=O) groups is 2. The standard InChI is InChI=1S/C17H15N3O4S/c1-23-16(21)10-13(15-6-4-8-25-15)19-17(22)14-9-12(20-24-14)11-5-2-3-7-18-11/h2-9,13H,10H2,1H3,(H,19,22). The molecule has 1 atom stereocenters. The zero-order chi connectivity index (χ0) is 17.6. The Kier molecular flexibility index (Phi) is 5.20. The monoisotopic (exact) mass is 357 g/mol. The van der Waals surface area contributed by atoms with Gasteiger partial charge in [0.05, 0.1) is 25.3 Å². The SMILES string of the molecule is COC(=O)CC(NC(=O)c1cc(-c2ccccn2)no1)c1cccs1. The van der Waals surface area contributed by atoms with Crippen molar-refractivity contribution in [3.63, 3.8) is 0 Å². The summed E-state index contributed by atoms with van der Waals surface area (Å²) < 4.78 is 9.81.